The average Bonchev–Trinajstić information content (AvgIpc) is 2.41. The van der Waals surface area contributed by atoms with Crippen LogP contribution in [0.1, 0.15) is 25.3 Å². The van der Waals surface area contributed by atoms with Crippen LogP contribution in [0.25, 0.3) is 0 Å². The molecule has 0 N–H and O–H groups in total. The van der Waals surface area contributed by atoms with Gasteiger partial charge in [-0.1, -0.05) is 36.7 Å². The highest BCUT2D eigenvalue weighted by atomic mass is 35.5. The summed E-state index contributed by atoms with van der Waals surface area (Å²) < 4.78 is 0. The van der Waals surface area contributed by atoms with Gasteiger partial charge < -0.3 is 4.90 Å². The van der Waals surface area contributed by atoms with E-state index >= 15 is 0 Å². The van der Waals surface area contributed by atoms with Crippen molar-refractivity contribution in [3.63, 3.8) is 0 Å². The lowest BCUT2D eigenvalue weighted by Crippen LogP contribution is -2.40. The van der Waals surface area contributed by atoms with Gasteiger partial charge in [0.1, 0.15) is 0 Å². The van der Waals surface area contributed by atoms with E-state index in [1.165, 1.54) is 6.42 Å². The standard InChI is InChI=1S/C15H20ClNOS/c1-12-5-4-8-17(9-12)15(18)11-19-10-13-6-2-3-7-14(13)16/h2-3,6-7,12H,4-5,8-11H2,1H3. The maximum Gasteiger partial charge on any atom is 0.232 e. The lowest BCUT2D eigenvalue weighted by atomic mass is 10.0. The molecule has 0 radical (unpaired) electrons. The van der Waals surface area contributed by atoms with Crippen molar-refractivity contribution in [3.05, 3.63) is 34.9 Å². The van der Waals surface area contributed by atoms with Gasteiger partial charge >= 0.3 is 0 Å². The van der Waals surface area contributed by atoms with Gasteiger partial charge in [-0.25, -0.2) is 0 Å². The molecule has 2 rings (SSSR count). The Hall–Kier alpha value is -0.670. The Labute approximate surface area is 124 Å². The maximum atomic E-state index is 12.1. The van der Waals surface area contributed by atoms with E-state index in [9.17, 15) is 4.79 Å². The van der Waals surface area contributed by atoms with Gasteiger partial charge in [0.25, 0.3) is 0 Å². The van der Waals surface area contributed by atoms with Crippen LogP contribution in [0.2, 0.25) is 5.02 Å². The van der Waals surface area contributed by atoms with Gasteiger partial charge in [-0.15, -0.1) is 11.8 Å². The van der Waals surface area contributed by atoms with Crippen LogP contribution in [0.5, 0.6) is 0 Å². The molecule has 2 nitrogen and oxygen atoms in total. The molecule has 0 aromatic heterocycles. The molecule has 0 saturated carbocycles. The predicted molar refractivity (Wildman–Crippen MR) is 82.6 cm³/mol. The first-order valence-electron chi connectivity index (χ1n) is 6.75. The van der Waals surface area contributed by atoms with Crippen LogP contribution >= 0.6 is 23.4 Å². The van der Waals surface area contributed by atoms with Crippen LogP contribution in [0.3, 0.4) is 0 Å². The number of piperidine rings is 1. The summed E-state index contributed by atoms with van der Waals surface area (Å²) in [5.74, 6) is 2.27. The van der Waals surface area contributed by atoms with E-state index in [0.29, 0.717) is 11.7 Å². The molecule has 19 heavy (non-hydrogen) atoms. The summed E-state index contributed by atoms with van der Waals surface area (Å²) in [6.07, 6.45) is 2.39. The van der Waals surface area contributed by atoms with Crippen molar-refractivity contribution in [3.8, 4) is 0 Å². The van der Waals surface area contributed by atoms with Crippen LogP contribution in [-0.4, -0.2) is 29.6 Å². The minimum absolute atomic E-state index is 0.267. The Balaban J connectivity index is 1.76. The molecular formula is C15H20ClNOS. The monoisotopic (exact) mass is 297 g/mol. The number of rotatable bonds is 4. The Morgan fingerprint density at radius 2 is 2.26 bits per heavy atom. The zero-order chi connectivity index (χ0) is 13.7. The van der Waals surface area contributed by atoms with Crippen molar-refractivity contribution < 1.29 is 4.79 Å². The van der Waals surface area contributed by atoms with Gasteiger partial charge in [-0.05, 0) is 30.4 Å². The molecular weight excluding hydrogens is 278 g/mol. The number of benzene rings is 1. The topological polar surface area (TPSA) is 20.3 Å². The molecule has 104 valence electrons. The van der Waals surface area contributed by atoms with E-state index in [1.807, 2.05) is 29.2 Å². The van der Waals surface area contributed by atoms with Crippen molar-refractivity contribution in [1.82, 2.24) is 4.90 Å². The molecule has 1 fully saturated rings. The minimum atomic E-state index is 0.267. The highest BCUT2D eigenvalue weighted by Crippen LogP contribution is 2.22. The fourth-order valence-electron chi connectivity index (χ4n) is 2.37. The first-order valence-corrected chi connectivity index (χ1v) is 8.29. The number of amides is 1. The van der Waals surface area contributed by atoms with E-state index < -0.39 is 0 Å². The van der Waals surface area contributed by atoms with Gasteiger partial charge in [-0.3, -0.25) is 4.79 Å². The number of hydrogen-bond donors (Lipinski definition) is 0. The molecule has 1 heterocycles. The second-order valence-corrected chi connectivity index (χ2v) is 6.56. The number of halogens is 1. The van der Waals surface area contributed by atoms with Gasteiger partial charge in [0.05, 0.1) is 5.75 Å². The first-order chi connectivity index (χ1) is 9.16. The third-order valence-corrected chi connectivity index (χ3v) is 4.79. The Morgan fingerprint density at radius 3 is 3.00 bits per heavy atom. The quantitative estimate of drug-likeness (QED) is 0.842. The zero-order valence-electron chi connectivity index (χ0n) is 11.3. The summed E-state index contributed by atoms with van der Waals surface area (Å²) in [5, 5.41) is 0.786. The lowest BCUT2D eigenvalue weighted by Gasteiger charge is -2.30. The minimum Gasteiger partial charge on any atom is -0.342 e. The fourth-order valence-corrected chi connectivity index (χ4v) is 3.58. The predicted octanol–water partition coefficient (Wildman–Crippen LogP) is 3.83. The van der Waals surface area contributed by atoms with Gasteiger partial charge in [0, 0.05) is 23.9 Å². The molecule has 0 bridgehead atoms. The number of hydrogen-bond acceptors (Lipinski definition) is 2. The molecule has 1 saturated heterocycles. The second-order valence-electron chi connectivity index (χ2n) is 5.17. The van der Waals surface area contributed by atoms with Crippen molar-refractivity contribution >= 4 is 29.3 Å². The van der Waals surface area contributed by atoms with Crippen LogP contribution in [-0.2, 0) is 10.5 Å². The van der Waals surface area contributed by atoms with Crippen LogP contribution in [0.4, 0.5) is 0 Å². The molecule has 1 aliphatic heterocycles. The van der Waals surface area contributed by atoms with Crippen LogP contribution in [0, 0.1) is 5.92 Å². The highest BCUT2D eigenvalue weighted by molar-refractivity contribution is 7.99. The maximum absolute atomic E-state index is 12.1. The highest BCUT2D eigenvalue weighted by Gasteiger charge is 2.20. The SMILES string of the molecule is CC1CCCN(C(=O)CSCc2ccccc2Cl)C1. The van der Waals surface area contributed by atoms with Crippen LogP contribution < -0.4 is 0 Å². The van der Waals surface area contributed by atoms with E-state index in [4.69, 9.17) is 11.6 Å². The van der Waals surface area contributed by atoms with Crippen molar-refractivity contribution in [1.29, 1.82) is 0 Å². The molecule has 0 spiro atoms. The Bertz CT molecular complexity index is 438. The number of carbonyl (C=O) groups is 1. The molecule has 4 heteroatoms. The van der Waals surface area contributed by atoms with Crippen molar-refractivity contribution in [2.24, 2.45) is 5.92 Å². The second kappa shape index (κ2) is 7.20. The summed E-state index contributed by atoms with van der Waals surface area (Å²) in [5.41, 5.74) is 1.11. The third-order valence-electron chi connectivity index (χ3n) is 3.45. The molecule has 1 aliphatic rings. The van der Waals surface area contributed by atoms with Crippen molar-refractivity contribution in [2.75, 3.05) is 18.8 Å². The lowest BCUT2D eigenvalue weighted by molar-refractivity contribution is -0.130. The largest absolute Gasteiger partial charge is 0.342 e. The summed E-state index contributed by atoms with van der Waals surface area (Å²) in [4.78, 5) is 14.1. The molecule has 1 unspecified atom stereocenters. The Morgan fingerprint density at radius 1 is 1.47 bits per heavy atom. The van der Waals surface area contributed by atoms with Gasteiger partial charge in [0.2, 0.25) is 5.91 Å². The van der Waals surface area contributed by atoms with E-state index in [2.05, 4.69) is 6.92 Å². The number of carbonyl (C=O) groups excluding carboxylic acids is 1. The summed E-state index contributed by atoms with van der Waals surface area (Å²) in [6.45, 7) is 4.07. The Kier molecular flexibility index (Phi) is 5.59. The number of nitrogens with zero attached hydrogens (tertiary/aromatic N) is 1. The summed E-state index contributed by atoms with van der Waals surface area (Å²) >= 11 is 7.75. The smallest absolute Gasteiger partial charge is 0.232 e. The van der Waals surface area contributed by atoms with E-state index in [1.54, 1.807) is 11.8 Å². The van der Waals surface area contributed by atoms with E-state index in [-0.39, 0.29) is 5.91 Å². The van der Waals surface area contributed by atoms with E-state index in [0.717, 1.165) is 35.8 Å². The van der Waals surface area contributed by atoms with Crippen molar-refractivity contribution in [2.45, 2.75) is 25.5 Å². The molecule has 1 amide bonds. The summed E-state index contributed by atoms with van der Waals surface area (Å²) in [7, 11) is 0. The molecule has 1 atom stereocenters. The summed E-state index contributed by atoms with van der Waals surface area (Å²) in [6, 6.07) is 7.82. The van der Waals surface area contributed by atoms with Gasteiger partial charge in [0.15, 0.2) is 0 Å². The first kappa shape index (κ1) is 14.7. The molecule has 1 aromatic carbocycles. The third kappa shape index (κ3) is 4.43. The number of likely N-dealkylation sites (tertiary alicyclic amines) is 1. The number of thioether (sulfide) groups is 1. The van der Waals surface area contributed by atoms with Crippen LogP contribution in [0.15, 0.2) is 24.3 Å². The van der Waals surface area contributed by atoms with Gasteiger partial charge in [-0.2, -0.15) is 0 Å². The normalized spacial score (nSPS) is 19.5. The zero-order valence-corrected chi connectivity index (χ0v) is 12.8. The average molecular weight is 298 g/mol. The molecule has 0 aliphatic carbocycles. The molecule has 1 aromatic rings. The fraction of sp³-hybridized carbons (Fsp3) is 0.533.